The van der Waals surface area contributed by atoms with E-state index in [9.17, 15) is 14.7 Å². The van der Waals surface area contributed by atoms with E-state index in [1.807, 2.05) is 51.1 Å². The topological polar surface area (TPSA) is 88.5 Å². The summed E-state index contributed by atoms with van der Waals surface area (Å²) < 4.78 is 17.6. The van der Waals surface area contributed by atoms with Crippen molar-refractivity contribution in [3.8, 4) is 17.2 Å². The normalized spacial score (nSPS) is 19.9. The molecule has 1 saturated heterocycles. The van der Waals surface area contributed by atoms with E-state index in [2.05, 4.69) is 18.7 Å². The molecule has 0 unspecified atom stereocenters. The average molecular weight is 537 g/mol. The number of nitrogens with zero attached hydrogens (tertiary/aromatic N) is 2. The Labute approximate surface area is 231 Å². The van der Waals surface area contributed by atoms with Crippen molar-refractivity contribution in [3.63, 3.8) is 0 Å². The van der Waals surface area contributed by atoms with Crippen LogP contribution in [0.3, 0.4) is 0 Å². The highest BCUT2D eigenvalue weighted by molar-refractivity contribution is 6.46. The van der Waals surface area contributed by atoms with Crippen LogP contribution in [0.15, 0.2) is 42.0 Å². The molecule has 210 valence electrons. The molecule has 4 rings (SSSR count). The molecule has 2 atom stereocenters. The molecule has 0 radical (unpaired) electrons. The number of likely N-dealkylation sites (tertiary alicyclic amines) is 1. The fourth-order valence-corrected chi connectivity index (χ4v) is 5.27. The van der Waals surface area contributed by atoms with Gasteiger partial charge in [-0.3, -0.25) is 9.59 Å². The van der Waals surface area contributed by atoms with Crippen LogP contribution in [-0.4, -0.2) is 72.1 Å². The fourth-order valence-electron chi connectivity index (χ4n) is 5.27. The minimum absolute atomic E-state index is 0.0495. The van der Waals surface area contributed by atoms with Crippen LogP contribution in [-0.2, 0) is 16.0 Å². The molecule has 0 aliphatic carbocycles. The van der Waals surface area contributed by atoms with Gasteiger partial charge >= 0.3 is 0 Å². The number of aliphatic hydroxyl groups is 1. The quantitative estimate of drug-likeness (QED) is 0.233. The standard InChI is InChI=1S/C31H40N2O6/c1-6-16-38-25-13-10-21(19-26(25)37-9-4)28-27(30(35)31(36)33(28)15-14-32(7-2)8-3)29(34)22-11-12-24-23(18-22)17-20(5)39-24/h10-13,18-20,28,34H,6-9,14-17H2,1-5H3/t20-,28-/m1/s1. The molecule has 2 aliphatic rings. The maximum absolute atomic E-state index is 13.5. The highest BCUT2D eigenvalue weighted by Gasteiger charge is 2.46. The first-order chi connectivity index (χ1) is 18.8. The highest BCUT2D eigenvalue weighted by Crippen LogP contribution is 2.42. The molecule has 2 aromatic carbocycles. The summed E-state index contributed by atoms with van der Waals surface area (Å²) in [5.41, 5.74) is 2.22. The summed E-state index contributed by atoms with van der Waals surface area (Å²) in [5, 5.41) is 11.5. The van der Waals surface area contributed by atoms with Gasteiger partial charge in [0.2, 0.25) is 0 Å². The molecule has 39 heavy (non-hydrogen) atoms. The zero-order valence-corrected chi connectivity index (χ0v) is 23.7. The largest absolute Gasteiger partial charge is 0.507 e. The van der Waals surface area contributed by atoms with Gasteiger partial charge in [-0.05, 0) is 74.8 Å². The minimum atomic E-state index is -0.761. The van der Waals surface area contributed by atoms with Crippen molar-refractivity contribution in [3.05, 3.63) is 58.7 Å². The molecular weight excluding hydrogens is 496 g/mol. The van der Waals surface area contributed by atoms with Gasteiger partial charge in [0, 0.05) is 25.1 Å². The monoisotopic (exact) mass is 536 g/mol. The molecule has 0 aromatic heterocycles. The lowest BCUT2D eigenvalue weighted by molar-refractivity contribution is -0.140. The molecule has 8 heteroatoms. The van der Waals surface area contributed by atoms with E-state index in [4.69, 9.17) is 14.2 Å². The molecule has 1 fully saturated rings. The number of fused-ring (bicyclic) bond motifs is 1. The predicted molar refractivity (Wildman–Crippen MR) is 150 cm³/mol. The van der Waals surface area contributed by atoms with E-state index in [0.717, 1.165) is 37.2 Å². The highest BCUT2D eigenvalue weighted by atomic mass is 16.5. The van der Waals surface area contributed by atoms with Crippen molar-refractivity contribution in [1.82, 2.24) is 9.80 Å². The number of ketones is 1. The molecule has 1 N–H and O–H groups in total. The Hall–Kier alpha value is -3.52. The number of ether oxygens (including phenoxy) is 3. The molecule has 0 saturated carbocycles. The van der Waals surface area contributed by atoms with Crippen LogP contribution in [0.2, 0.25) is 0 Å². The van der Waals surface area contributed by atoms with Gasteiger partial charge in [0.25, 0.3) is 11.7 Å². The van der Waals surface area contributed by atoms with E-state index in [1.165, 1.54) is 0 Å². The number of aliphatic hydroxyl groups excluding tert-OH is 1. The van der Waals surface area contributed by atoms with Crippen molar-refractivity contribution in [2.75, 3.05) is 39.4 Å². The molecule has 8 nitrogen and oxygen atoms in total. The van der Waals surface area contributed by atoms with E-state index < -0.39 is 17.7 Å². The predicted octanol–water partition coefficient (Wildman–Crippen LogP) is 4.96. The lowest BCUT2D eigenvalue weighted by Gasteiger charge is -2.28. The van der Waals surface area contributed by atoms with Crippen LogP contribution in [0.5, 0.6) is 17.2 Å². The molecule has 2 aromatic rings. The Balaban J connectivity index is 1.81. The van der Waals surface area contributed by atoms with Crippen LogP contribution < -0.4 is 14.2 Å². The zero-order chi connectivity index (χ0) is 28.1. The summed E-state index contributed by atoms with van der Waals surface area (Å²) in [7, 11) is 0. The number of carbonyl (C=O) groups is 2. The number of amides is 1. The third kappa shape index (κ3) is 5.91. The average Bonchev–Trinajstić information content (AvgIpc) is 3.43. The van der Waals surface area contributed by atoms with Gasteiger partial charge in [-0.2, -0.15) is 0 Å². The van der Waals surface area contributed by atoms with Crippen molar-refractivity contribution < 1.29 is 28.9 Å². The van der Waals surface area contributed by atoms with Crippen molar-refractivity contribution in [1.29, 1.82) is 0 Å². The number of carbonyl (C=O) groups excluding carboxylic acids is 2. The Morgan fingerprint density at radius 1 is 1.05 bits per heavy atom. The second-order valence-electron chi connectivity index (χ2n) is 9.96. The van der Waals surface area contributed by atoms with Crippen molar-refractivity contribution in [2.45, 2.75) is 59.6 Å². The SMILES string of the molecule is CCCOc1ccc([C@@H]2C(=C(O)c3ccc4c(c3)C[C@@H](C)O4)C(=O)C(=O)N2CCN(CC)CC)cc1OCC. The van der Waals surface area contributed by atoms with Crippen LogP contribution in [0.1, 0.15) is 63.8 Å². The number of hydrogen-bond acceptors (Lipinski definition) is 7. The number of benzene rings is 2. The maximum Gasteiger partial charge on any atom is 0.295 e. The van der Waals surface area contributed by atoms with Gasteiger partial charge in [0.05, 0.1) is 24.8 Å². The number of rotatable bonds is 12. The Bertz CT molecular complexity index is 1240. The first-order valence-corrected chi connectivity index (χ1v) is 14.0. The Morgan fingerprint density at radius 3 is 2.51 bits per heavy atom. The van der Waals surface area contributed by atoms with Gasteiger partial charge in [-0.1, -0.05) is 26.8 Å². The van der Waals surface area contributed by atoms with Gasteiger partial charge < -0.3 is 29.1 Å². The fraction of sp³-hybridized carbons (Fsp3) is 0.484. The van der Waals surface area contributed by atoms with E-state index in [-0.39, 0.29) is 17.4 Å². The molecule has 0 bridgehead atoms. The first-order valence-electron chi connectivity index (χ1n) is 14.0. The Kier molecular flexibility index (Phi) is 9.17. The molecule has 2 aliphatic heterocycles. The van der Waals surface area contributed by atoms with Gasteiger partial charge in [0.15, 0.2) is 11.5 Å². The van der Waals surface area contributed by atoms with Crippen LogP contribution >= 0.6 is 0 Å². The van der Waals surface area contributed by atoms with Crippen LogP contribution in [0, 0.1) is 0 Å². The molecule has 1 amide bonds. The minimum Gasteiger partial charge on any atom is -0.507 e. The summed E-state index contributed by atoms with van der Waals surface area (Å²) in [6.07, 6.45) is 1.62. The Morgan fingerprint density at radius 2 is 1.82 bits per heavy atom. The number of likely N-dealkylation sites (N-methyl/N-ethyl adjacent to an activating group) is 1. The first kappa shape index (κ1) is 28.5. The van der Waals surface area contributed by atoms with Crippen LogP contribution in [0.4, 0.5) is 0 Å². The summed E-state index contributed by atoms with van der Waals surface area (Å²) in [4.78, 5) is 30.7. The maximum atomic E-state index is 13.5. The zero-order valence-electron chi connectivity index (χ0n) is 23.7. The van der Waals surface area contributed by atoms with Gasteiger partial charge in [0.1, 0.15) is 17.6 Å². The van der Waals surface area contributed by atoms with Crippen molar-refractivity contribution >= 4 is 17.4 Å². The lowest BCUT2D eigenvalue weighted by Crippen LogP contribution is -2.38. The molecular formula is C31H40N2O6. The van der Waals surface area contributed by atoms with E-state index in [0.29, 0.717) is 48.9 Å². The second kappa shape index (κ2) is 12.6. The summed E-state index contributed by atoms with van der Waals surface area (Å²) in [5.74, 6) is 0.439. The van der Waals surface area contributed by atoms with Crippen molar-refractivity contribution in [2.24, 2.45) is 0 Å². The second-order valence-corrected chi connectivity index (χ2v) is 9.96. The third-order valence-corrected chi connectivity index (χ3v) is 7.31. The van der Waals surface area contributed by atoms with Crippen LogP contribution in [0.25, 0.3) is 5.76 Å². The molecule has 0 spiro atoms. The van der Waals surface area contributed by atoms with Gasteiger partial charge in [-0.15, -0.1) is 0 Å². The number of hydrogen-bond donors (Lipinski definition) is 1. The van der Waals surface area contributed by atoms with E-state index >= 15 is 0 Å². The smallest absolute Gasteiger partial charge is 0.295 e. The third-order valence-electron chi connectivity index (χ3n) is 7.31. The number of Topliss-reactive ketones (excluding diaryl/α,β-unsaturated/α-hetero) is 1. The van der Waals surface area contributed by atoms with Gasteiger partial charge in [-0.25, -0.2) is 0 Å². The summed E-state index contributed by atoms with van der Waals surface area (Å²) >= 11 is 0. The summed E-state index contributed by atoms with van der Waals surface area (Å²) in [6.45, 7) is 13.7. The van der Waals surface area contributed by atoms with E-state index in [1.54, 1.807) is 11.0 Å². The lowest BCUT2D eigenvalue weighted by atomic mass is 9.94. The molecule has 2 heterocycles. The summed E-state index contributed by atoms with van der Waals surface area (Å²) in [6, 6.07) is 10.1.